The van der Waals surface area contributed by atoms with Crippen molar-refractivity contribution in [3.05, 3.63) is 48.0 Å². The molecule has 2 aliphatic rings. The molecule has 28 heavy (non-hydrogen) atoms. The third-order valence-corrected chi connectivity index (χ3v) is 6.46. The van der Waals surface area contributed by atoms with E-state index in [9.17, 15) is 0 Å². The topological polar surface area (TPSA) is 39.7 Å². The number of likely N-dealkylation sites (tertiary alicyclic amines) is 1. The van der Waals surface area contributed by atoms with Gasteiger partial charge in [-0.2, -0.15) is 0 Å². The van der Waals surface area contributed by atoms with Crippen LogP contribution in [0, 0.1) is 0 Å². The molecule has 2 aromatic carbocycles. The molecule has 1 saturated heterocycles. The van der Waals surface area contributed by atoms with Crippen molar-refractivity contribution in [3.8, 4) is 0 Å². The Balaban J connectivity index is 1.25. The van der Waals surface area contributed by atoms with Crippen LogP contribution in [0.4, 0.5) is 0 Å². The van der Waals surface area contributed by atoms with Gasteiger partial charge >= 0.3 is 0 Å². The monoisotopic (exact) mass is 378 g/mol. The molecular weight excluding hydrogens is 344 g/mol. The van der Waals surface area contributed by atoms with Crippen molar-refractivity contribution in [2.24, 2.45) is 4.99 Å². The van der Waals surface area contributed by atoms with Gasteiger partial charge in [0.15, 0.2) is 5.96 Å². The normalized spacial score (nSPS) is 20.4. The molecule has 2 N–H and O–H groups in total. The maximum Gasteiger partial charge on any atom is 0.191 e. The number of nitrogens with zero attached hydrogens (tertiary/aromatic N) is 2. The minimum absolute atomic E-state index is 0.530. The fourth-order valence-electron chi connectivity index (χ4n) is 4.78. The van der Waals surface area contributed by atoms with Gasteiger partial charge in [0.25, 0.3) is 0 Å². The molecule has 1 aliphatic carbocycles. The van der Waals surface area contributed by atoms with Crippen LogP contribution >= 0.6 is 0 Å². The van der Waals surface area contributed by atoms with Crippen molar-refractivity contribution in [2.75, 3.05) is 20.1 Å². The van der Waals surface area contributed by atoms with E-state index < -0.39 is 0 Å². The lowest BCUT2D eigenvalue weighted by Gasteiger charge is -2.39. The van der Waals surface area contributed by atoms with Crippen molar-refractivity contribution in [2.45, 2.75) is 63.6 Å². The Kier molecular flexibility index (Phi) is 6.48. The lowest BCUT2D eigenvalue weighted by Crippen LogP contribution is -2.50. The van der Waals surface area contributed by atoms with E-state index in [-0.39, 0.29) is 0 Å². The Bertz CT molecular complexity index is 786. The van der Waals surface area contributed by atoms with Gasteiger partial charge in [-0.05, 0) is 48.1 Å². The first-order chi connectivity index (χ1) is 13.8. The molecule has 0 atom stereocenters. The molecule has 0 aromatic heterocycles. The Morgan fingerprint density at radius 3 is 2.46 bits per heavy atom. The number of rotatable bonds is 4. The summed E-state index contributed by atoms with van der Waals surface area (Å²) in [6.07, 6.45) is 9.54. The first-order valence-corrected chi connectivity index (χ1v) is 11.0. The van der Waals surface area contributed by atoms with Crippen molar-refractivity contribution >= 4 is 16.7 Å². The summed E-state index contributed by atoms with van der Waals surface area (Å²) in [6, 6.07) is 16.6. The summed E-state index contributed by atoms with van der Waals surface area (Å²) in [5, 5.41) is 9.73. The summed E-state index contributed by atoms with van der Waals surface area (Å²) >= 11 is 0. The molecule has 2 fully saturated rings. The fourth-order valence-corrected chi connectivity index (χ4v) is 4.78. The summed E-state index contributed by atoms with van der Waals surface area (Å²) in [6.45, 7) is 3.25. The predicted molar refractivity (Wildman–Crippen MR) is 119 cm³/mol. The molecule has 150 valence electrons. The number of benzene rings is 2. The molecule has 1 aliphatic heterocycles. The van der Waals surface area contributed by atoms with Gasteiger partial charge in [-0.15, -0.1) is 0 Å². The maximum absolute atomic E-state index is 4.45. The number of nitrogens with one attached hydrogen (secondary N) is 2. The van der Waals surface area contributed by atoms with E-state index in [4.69, 9.17) is 0 Å². The smallest absolute Gasteiger partial charge is 0.191 e. The quantitative estimate of drug-likeness (QED) is 0.615. The van der Waals surface area contributed by atoms with E-state index in [0.29, 0.717) is 6.04 Å². The summed E-state index contributed by atoms with van der Waals surface area (Å²) in [5.41, 5.74) is 1.29. The Labute approximate surface area is 169 Å². The summed E-state index contributed by atoms with van der Waals surface area (Å²) in [4.78, 5) is 7.19. The molecule has 1 saturated carbocycles. The highest BCUT2D eigenvalue weighted by Gasteiger charge is 2.26. The number of hydrogen-bond donors (Lipinski definition) is 2. The molecule has 1 heterocycles. The Morgan fingerprint density at radius 1 is 0.964 bits per heavy atom. The van der Waals surface area contributed by atoms with Crippen molar-refractivity contribution in [1.82, 2.24) is 15.5 Å². The molecule has 2 aromatic rings. The van der Waals surface area contributed by atoms with Crippen LogP contribution in [0.25, 0.3) is 10.8 Å². The van der Waals surface area contributed by atoms with Gasteiger partial charge in [-0.3, -0.25) is 4.99 Å². The SMILES string of the molecule is CN=C(NCc1ccc2ccccc2c1)NC1CCN(C2CCCCC2)CC1. The van der Waals surface area contributed by atoms with E-state index in [0.717, 1.165) is 18.5 Å². The highest BCUT2D eigenvalue weighted by Crippen LogP contribution is 2.25. The summed E-state index contributed by atoms with van der Waals surface area (Å²) in [5.74, 6) is 0.921. The Morgan fingerprint density at radius 2 is 1.71 bits per heavy atom. The second kappa shape index (κ2) is 9.42. The minimum atomic E-state index is 0.530. The van der Waals surface area contributed by atoms with Crippen LogP contribution in [-0.2, 0) is 6.54 Å². The third-order valence-electron chi connectivity index (χ3n) is 6.46. The first-order valence-electron chi connectivity index (χ1n) is 11.0. The first kappa shape index (κ1) is 19.3. The fraction of sp³-hybridized carbons (Fsp3) is 0.542. The number of piperidine rings is 1. The molecule has 4 rings (SSSR count). The number of aliphatic imine (C=N–C) groups is 1. The number of guanidine groups is 1. The van der Waals surface area contributed by atoms with Crippen LogP contribution in [0.1, 0.15) is 50.5 Å². The second-order valence-electron chi connectivity index (χ2n) is 8.35. The third kappa shape index (κ3) is 4.85. The van der Waals surface area contributed by atoms with Gasteiger partial charge in [0.2, 0.25) is 0 Å². The van der Waals surface area contributed by atoms with Crippen molar-refractivity contribution in [1.29, 1.82) is 0 Å². The van der Waals surface area contributed by atoms with E-state index in [1.54, 1.807) is 0 Å². The summed E-state index contributed by atoms with van der Waals surface area (Å²) < 4.78 is 0. The van der Waals surface area contributed by atoms with E-state index in [1.807, 2.05) is 7.05 Å². The zero-order chi connectivity index (χ0) is 19.2. The standard InChI is InChI=1S/C24H34N4/c1-25-24(26-18-19-11-12-20-7-5-6-8-21(20)17-19)27-22-13-15-28(16-14-22)23-9-3-2-4-10-23/h5-8,11-12,17,22-23H,2-4,9-10,13-16,18H2,1H3,(H2,25,26,27). The van der Waals surface area contributed by atoms with Crippen LogP contribution in [-0.4, -0.2) is 43.1 Å². The molecule has 4 heteroatoms. The molecular formula is C24H34N4. The van der Waals surface area contributed by atoms with Gasteiger partial charge in [0.1, 0.15) is 0 Å². The minimum Gasteiger partial charge on any atom is -0.354 e. The second-order valence-corrected chi connectivity index (χ2v) is 8.35. The van der Waals surface area contributed by atoms with Crippen LogP contribution < -0.4 is 10.6 Å². The highest BCUT2D eigenvalue weighted by atomic mass is 15.2. The van der Waals surface area contributed by atoms with Gasteiger partial charge < -0.3 is 15.5 Å². The average Bonchev–Trinajstić information content (AvgIpc) is 2.77. The van der Waals surface area contributed by atoms with Gasteiger partial charge in [-0.25, -0.2) is 0 Å². The van der Waals surface area contributed by atoms with Crippen molar-refractivity contribution in [3.63, 3.8) is 0 Å². The molecule has 0 radical (unpaired) electrons. The lowest BCUT2D eigenvalue weighted by atomic mass is 9.92. The van der Waals surface area contributed by atoms with E-state index >= 15 is 0 Å². The lowest BCUT2D eigenvalue weighted by molar-refractivity contribution is 0.119. The average molecular weight is 379 g/mol. The van der Waals surface area contributed by atoms with Crippen molar-refractivity contribution < 1.29 is 0 Å². The van der Waals surface area contributed by atoms with Gasteiger partial charge in [0, 0.05) is 38.8 Å². The van der Waals surface area contributed by atoms with E-state index in [2.05, 4.69) is 63.0 Å². The number of hydrogen-bond acceptors (Lipinski definition) is 2. The largest absolute Gasteiger partial charge is 0.354 e. The molecule has 0 amide bonds. The summed E-state index contributed by atoms with van der Waals surface area (Å²) in [7, 11) is 1.87. The number of fused-ring (bicyclic) bond motifs is 1. The Hall–Kier alpha value is -2.07. The zero-order valence-electron chi connectivity index (χ0n) is 17.2. The molecule has 0 bridgehead atoms. The maximum atomic E-state index is 4.45. The molecule has 0 unspecified atom stereocenters. The molecule has 4 nitrogen and oxygen atoms in total. The highest BCUT2D eigenvalue weighted by molar-refractivity contribution is 5.83. The van der Waals surface area contributed by atoms with Crippen LogP contribution in [0.3, 0.4) is 0 Å². The zero-order valence-corrected chi connectivity index (χ0v) is 17.2. The van der Waals surface area contributed by atoms with Gasteiger partial charge in [-0.1, -0.05) is 55.7 Å². The van der Waals surface area contributed by atoms with E-state index in [1.165, 1.54) is 74.4 Å². The van der Waals surface area contributed by atoms with Crippen LogP contribution in [0.2, 0.25) is 0 Å². The van der Waals surface area contributed by atoms with Crippen LogP contribution in [0.5, 0.6) is 0 Å². The van der Waals surface area contributed by atoms with Gasteiger partial charge in [0.05, 0.1) is 0 Å². The predicted octanol–water partition coefficient (Wildman–Crippen LogP) is 4.30. The molecule has 0 spiro atoms. The van der Waals surface area contributed by atoms with Crippen LogP contribution in [0.15, 0.2) is 47.5 Å².